The molecule has 2 aliphatic rings. The monoisotopic (exact) mass is 843 g/mol. The molecule has 0 saturated carbocycles. The van der Waals surface area contributed by atoms with Crippen LogP contribution in [0.4, 0.5) is 17.3 Å². The first-order chi connectivity index (χ1) is 28.1. The maximum atomic E-state index is 11.2. The van der Waals surface area contributed by atoms with Gasteiger partial charge in [0.25, 0.3) is 0 Å². The Balaban J connectivity index is 0.000000208. The number of aromatic hydroxyl groups is 1. The van der Waals surface area contributed by atoms with Crippen molar-refractivity contribution >= 4 is 52.9 Å². The Hall–Kier alpha value is -4.16. The third-order valence-corrected chi connectivity index (χ3v) is 13.2. The van der Waals surface area contributed by atoms with Crippen LogP contribution in [0.2, 0.25) is 5.02 Å². The molecule has 0 aliphatic carbocycles. The molecule has 320 valence electrons. The van der Waals surface area contributed by atoms with E-state index in [0.717, 1.165) is 73.1 Å². The molecule has 1 aromatic heterocycles. The highest BCUT2D eigenvalue weighted by atomic mass is 35.5. The van der Waals surface area contributed by atoms with Gasteiger partial charge in [-0.25, -0.2) is 9.97 Å². The highest BCUT2D eigenvalue weighted by Crippen LogP contribution is 2.39. The number of rotatable bonds is 12. The Bertz CT molecular complexity index is 2010. The first-order valence-electron chi connectivity index (χ1n) is 21.0. The lowest BCUT2D eigenvalue weighted by Gasteiger charge is -2.39. The first kappa shape index (κ1) is 47.5. The Morgan fingerprint density at radius 2 is 1.75 bits per heavy atom. The highest BCUT2D eigenvalue weighted by Gasteiger charge is 2.29. The molecule has 4 aromatic rings. The number of hydrogen-bond donors (Lipinski definition) is 4. The minimum atomic E-state index is -0.0931. The number of anilines is 3. The molecule has 59 heavy (non-hydrogen) atoms. The summed E-state index contributed by atoms with van der Waals surface area (Å²) in [5, 5.41) is 13.1. The van der Waals surface area contributed by atoms with Crippen LogP contribution in [-0.2, 0) is 24.2 Å². The van der Waals surface area contributed by atoms with E-state index >= 15 is 0 Å². The van der Waals surface area contributed by atoms with Crippen LogP contribution in [0.15, 0.2) is 64.6 Å². The number of likely N-dealkylation sites (tertiary alicyclic amines) is 1. The highest BCUT2D eigenvalue weighted by molar-refractivity contribution is 7.99. The fraction of sp³-hybridized carbons (Fsp3) is 0.489. The second kappa shape index (κ2) is 22.4. The summed E-state index contributed by atoms with van der Waals surface area (Å²) >= 11 is 7.65. The van der Waals surface area contributed by atoms with Gasteiger partial charge in [-0.05, 0) is 141 Å². The number of halogens is 1. The van der Waals surface area contributed by atoms with Crippen molar-refractivity contribution in [1.29, 1.82) is 0 Å². The minimum absolute atomic E-state index is 0.0828. The summed E-state index contributed by atoms with van der Waals surface area (Å²) in [6.45, 7) is 22.8. The molecular weight excluding hydrogens is 778 g/mol. The summed E-state index contributed by atoms with van der Waals surface area (Å²) in [4.78, 5) is 36.4. The summed E-state index contributed by atoms with van der Waals surface area (Å²) in [7, 11) is 0. The molecule has 0 bridgehead atoms. The van der Waals surface area contributed by atoms with Crippen molar-refractivity contribution in [3.63, 3.8) is 0 Å². The number of ketones is 1. The van der Waals surface area contributed by atoms with E-state index in [-0.39, 0.29) is 16.9 Å². The Morgan fingerprint density at radius 3 is 2.32 bits per heavy atom. The molecule has 0 atom stereocenters. The lowest BCUT2D eigenvalue weighted by atomic mass is 9.80. The van der Waals surface area contributed by atoms with Crippen LogP contribution in [0.5, 0.6) is 5.75 Å². The molecule has 0 unspecified atom stereocenters. The van der Waals surface area contributed by atoms with Crippen LogP contribution in [0.3, 0.4) is 0 Å². The molecule has 12 heteroatoms. The summed E-state index contributed by atoms with van der Waals surface area (Å²) < 4.78 is 0. The quantitative estimate of drug-likeness (QED) is 0.0802. The number of aromatic nitrogens is 2. The zero-order valence-electron chi connectivity index (χ0n) is 36.4. The molecule has 3 heterocycles. The zero-order chi connectivity index (χ0) is 43.3. The maximum Gasteiger partial charge on any atom is 0.211 e. The fourth-order valence-electron chi connectivity index (χ4n) is 7.51. The topological polar surface area (TPSA) is 151 Å². The molecule has 1 amide bonds. The number of carbonyl (C=O) groups excluding carboxylic acids is 2. The van der Waals surface area contributed by atoms with Crippen molar-refractivity contribution in [1.82, 2.24) is 14.9 Å². The smallest absolute Gasteiger partial charge is 0.211 e. The van der Waals surface area contributed by atoms with Crippen LogP contribution >= 0.6 is 23.4 Å². The number of carbonyl (C=O) groups is 2. The van der Waals surface area contributed by atoms with E-state index in [4.69, 9.17) is 23.1 Å². The number of phenolic OH excluding ortho intramolecular Hbond substituents is 1. The van der Waals surface area contributed by atoms with Gasteiger partial charge in [0.2, 0.25) is 6.41 Å². The third kappa shape index (κ3) is 13.4. The first-order valence-corrected chi connectivity index (χ1v) is 22.2. The van der Waals surface area contributed by atoms with Gasteiger partial charge in [0, 0.05) is 24.5 Å². The molecule has 3 aromatic carbocycles. The number of Topliss-reactive ketones (excluding diaryl/α,β-unsaturated/α-hetero) is 1. The SMILES string of the molecule is CC(=O)c1cc(C(C)C)c(C)cc1O.CC1(CN)CCN(c2cnc(Sc3cccc(NC=O)c3Cl)c(N)n2)CC1.CCc1ccc(CN2CCC(C)CC2)cc1CC. The Kier molecular flexibility index (Phi) is 18.1. The van der Waals surface area contributed by atoms with Crippen molar-refractivity contribution in [2.75, 3.05) is 48.7 Å². The maximum absolute atomic E-state index is 11.2. The number of nitrogens with zero attached hydrogens (tertiary/aromatic N) is 4. The van der Waals surface area contributed by atoms with Gasteiger partial charge in [0.05, 0.1) is 22.5 Å². The van der Waals surface area contributed by atoms with Gasteiger partial charge in [-0.3, -0.25) is 14.5 Å². The number of benzene rings is 3. The Labute approximate surface area is 361 Å². The lowest BCUT2D eigenvalue weighted by molar-refractivity contribution is -0.105. The normalized spacial score (nSPS) is 15.5. The van der Waals surface area contributed by atoms with Crippen LogP contribution in [0.25, 0.3) is 0 Å². The van der Waals surface area contributed by atoms with Gasteiger partial charge in [-0.1, -0.05) is 89.2 Å². The van der Waals surface area contributed by atoms with Gasteiger partial charge in [0.15, 0.2) is 11.6 Å². The van der Waals surface area contributed by atoms with E-state index < -0.39 is 0 Å². The van der Waals surface area contributed by atoms with E-state index in [2.05, 4.69) is 84.8 Å². The van der Waals surface area contributed by atoms with Gasteiger partial charge < -0.3 is 26.8 Å². The van der Waals surface area contributed by atoms with Crippen LogP contribution < -0.4 is 21.7 Å². The van der Waals surface area contributed by atoms with Gasteiger partial charge >= 0.3 is 0 Å². The standard InChI is InChI=1S/C18H23ClN6OS.C17H27N.C12H16O2/c1-18(10-20)5-7-25(8-6-18)14-9-22-17(16(21)24-14)27-13-4-2-3-12(15(13)19)23-11-26;1-4-16-7-6-15(12-17(16)5-2)13-18-10-8-14(3)9-11-18;1-7(2)10-6-11(9(4)13)12(14)5-8(10)3/h2-4,9,11H,5-8,10,20H2,1H3,(H2,21,24)(H,23,26);6-7,12,14H,4-5,8-11,13H2,1-3H3;5-7,14H,1-4H3. The van der Waals surface area contributed by atoms with E-state index in [1.54, 1.807) is 36.0 Å². The molecule has 0 radical (unpaired) electrons. The van der Waals surface area contributed by atoms with Crippen molar-refractivity contribution in [3.8, 4) is 5.75 Å². The third-order valence-electron chi connectivity index (χ3n) is 11.6. The number of aryl methyl sites for hydroxylation is 3. The summed E-state index contributed by atoms with van der Waals surface area (Å²) in [5.74, 6) is 2.42. The zero-order valence-corrected chi connectivity index (χ0v) is 38.0. The predicted octanol–water partition coefficient (Wildman–Crippen LogP) is 10.1. The van der Waals surface area contributed by atoms with Gasteiger partial charge in [0.1, 0.15) is 16.6 Å². The number of nitrogen functional groups attached to an aromatic ring is 1. The van der Waals surface area contributed by atoms with Crippen molar-refractivity contribution in [2.24, 2.45) is 17.1 Å². The second-order valence-corrected chi connectivity index (χ2v) is 18.0. The molecule has 2 fully saturated rings. The summed E-state index contributed by atoms with van der Waals surface area (Å²) in [5.41, 5.74) is 19.9. The van der Waals surface area contributed by atoms with Crippen LogP contribution in [-0.4, -0.2) is 64.9 Å². The van der Waals surface area contributed by atoms with Crippen molar-refractivity contribution in [3.05, 3.63) is 93.1 Å². The molecule has 6 N–H and O–H groups in total. The second-order valence-electron chi connectivity index (χ2n) is 16.6. The number of nitrogens with one attached hydrogen (secondary N) is 1. The molecule has 2 saturated heterocycles. The fourth-order valence-corrected chi connectivity index (χ4v) is 8.61. The molecule has 0 spiro atoms. The molecule has 10 nitrogen and oxygen atoms in total. The van der Waals surface area contributed by atoms with Crippen molar-refractivity contribution in [2.45, 2.75) is 116 Å². The van der Waals surface area contributed by atoms with Crippen LogP contribution in [0, 0.1) is 18.3 Å². The Morgan fingerprint density at radius 1 is 1.07 bits per heavy atom. The van der Waals surface area contributed by atoms with Gasteiger partial charge in [-0.2, -0.15) is 0 Å². The number of amides is 1. The van der Waals surface area contributed by atoms with Crippen LogP contribution in [0.1, 0.15) is 118 Å². The molecular formula is C47H66ClN7O3S. The van der Waals surface area contributed by atoms with E-state index in [1.807, 2.05) is 13.0 Å². The minimum Gasteiger partial charge on any atom is -0.507 e. The average molecular weight is 845 g/mol. The summed E-state index contributed by atoms with van der Waals surface area (Å²) in [6, 6.07) is 15.9. The van der Waals surface area contributed by atoms with Crippen molar-refractivity contribution < 1.29 is 14.7 Å². The number of hydrogen-bond acceptors (Lipinski definition) is 10. The average Bonchev–Trinajstić information content (AvgIpc) is 3.21. The largest absolute Gasteiger partial charge is 0.507 e. The number of nitrogens with two attached hydrogens (primary N) is 2. The number of piperidine rings is 2. The van der Waals surface area contributed by atoms with E-state index in [9.17, 15) is 14.7 Å². The molecule has 6 rings (SSSR count). The van der Waals surface area contributed by atoms with Gasteiger partial charge in [-0.15, -0.1) is 0 Å². The van der Waals surface area contributed by atoms with E-state index in [1.165, 1.54) is 55.7 Å². The lowest BCUT2D eigenvalue weighted by Crippen LogP contribution is -2.42. The van der Waals surface area contributed by atoms with E-state index in [0.29, 0.717) is 46.0 Å². The number of phenols is 1. The predicted molar refractivity (Wildman–Crippen MR) is 246 cm³/mol. The summed E-state index contributed by atoms with van der Waals surface area (Å²) in [6.07, 6.45) is 9.43. The molecule has 2 aliphatic heterocycles.